The van der Waals surface area contributed by atoms with Crippen LogP contribution in [0, 0.1) is 10.1 Å². The number of hydrazone groups is 1. The first-order valence-corrected chi connectivity index (χ1v) is 12.1. The molecule has 0 unspecified atom stereocenters. The van der Waals surface area contributed by atoms with Gasteiger partial charge in [-0.05, 0) is 61.9 Å². The number of para-hydroxylation sites is 2. The van der Waals surface area contributed by atoms with Gasteiger partial charge in [-0.2, -0.15) is 5.10 Å². The number of hydrogen-bond acceptors (Lipinski definition) is 7. The molecule has 10 nitrogen and oxygen atoms in total. The summed E-state index contributed by atoms with van der Waals surface area (Å²) in [6.45, 7) is 3.47. The third-order valence-electron chi connectivity index (χ3n) is 4.89. The molecule has 35 heavy (non-hydrogen) atoms. The summed E-state index contributed by atoms with van der Waals surface area (Å²) in [5.41, 5.74) is 3.18. The van der Waals surface area contributed by atoms with Gasteiger partial charge >= 0.3 is 0 Å². The molecule has 0 aromatic heterocycles. The fraction of sp³-hybridized carbons (Fsp3) is 0.167. The molecular weight excluding hydrogens is 472 g/mol. The van der Waals surface area contributed by atoms with Crippen LogP contribution in [0.15, 0.2) is 88.9 Å². The zero-order chi connectivity index (χ0) is 25.4. The van der Waals surface area contributed by atoms with Gasteiger partial charge in [-0.15, -0.1) is 0 Å². The number of carbonyl (C=O) groups is 1. The highest BCUT2D eigenvalue weighted by Crippen LogP contribution is 2.29. The Labute approximate surface area is 203 Å². The van der Waals surface area contributed by atoms with Crippen molar-refractivity contribution in [3.8, 4) is 5.75 Å². The molecule has 0 radical (unpaired) electrons. The lowest BCUT2D eigenvalue weighted by Crippen LogP contribution is -2.40. The molecule has 0 bridgehead atoms. The lowest BCUT2D eigenvalue weighted by Gasteiger charge is -2.23. The Kier molecular flexibility index (Phi) is 8.16. The molecule has 182 valence electrons. The first kappa shape index (κ1) is 25.4. The maximum atomic E-state index is 13.4. The van der Waals surface area contributed by atoms with E-state index in [0.717, 1.165) is 22.0 Å². The third kappa shape index (κ3) is 6.21. The quantitative estimate of drug-likeness (QED) is 0.258. The fourth-order valence-corrected chi connectivity index (χ4v) is 4.77. The number of nitro benzene ring substituents is 1. The molecule has 0 aliphatic heterocycles. The number of nitro groups is 1. The minimum atomic E-state index is -4.46. The molecule has 1 N–H and O–H groups in total. The van der Waals surface area contributed by atoms with Gasteiger partial charge in [0, 0.05) is 6.07 Å². The van der Waals surface area contributed by atoms with Crippen molar-refractivity contribution in [2.24, 2.45) is 5.10 Å². The standard InChI is InChI=1S/C24H24N4O6S/c1-3-34-21-15-13-19(14-16-21)18(2)25-26-24(29)17-27(20-9-5-4-6-10-20)35(32,33)23-12-8-7-11-22(23)28(30)31/h4-16H,3,17H2,1-2H3,(H,26,29)/b25-18-. The molecule has 0 heterocycles. The average Bonchev–Trinajstić information content (AvgIpc) is 2.87. The monoisotopic (exact) mass is 496 g/mol. The highest BCUT2D eigenvalue weighted by Gasteiger charge is 2.33. The summed E-state index contributed by atoms with van der Waals surface area (Å²) in [5.74, 6) is -0.0203. The molecule has 0 saturated heterocycles. The zero-order valence-corrected chi connectivity index (χ0v) is 19.9. The molecule has 0 aliphatic rings. The second kappa shape index (κ2) is 11.3. The van der Waals surface area contributed by atoms with Crippen molar-refractivity contribution in [1.82, 2.24) is 5.43 Å². The van der Waals surface area contributed by atoms with E-state index in [9.17, 15) is 23.3 Å². The Morgan fingerprint density at radius 1 is 1.03 bits per heavy atom. The van der Waals surface area contributed by atoms with E-state index in [1.165, 1.54) is 24.3 Å². The normalized spacial score (nSPS) is 11.5. The van der Waals surface area contributed by atoms with Gasteiger partial charge in [-0.3, -0.25) is 19.2 Å². The van der Waals surface area contributed by atoms with Gasteiger partial charge < -0.3 is 4.74 Å². The van der Waals surface area contributed by atoms with Crippen LogP contribution in [0.25, 0.3) is 0 Å². The lowest BCUT2D eigenvalue weighted by molar-refractivity contribution is -0.387. The van der Waals surface area contributed by atoms with Crippen molar-refractivity contribution in [2.75, 3.05) is 17.5 Å². The van der Waals surface area contributed by atoms with Crippen LogP contribution in [0.1, 0.15) is 19.4 Å². The Morgan fingerprint density at radius 2 is 1.66 bits per heavy atom. The van der Waals surface area contributed by atoms with Crippen LogP contribution in [-0.4, -0.2) is 38.1 Å². The van der Waals surface area contributed by atoms with Crippen LogP contribution < -0.4 is 14.5 Å². The first-order valence-electron chi connectivity index (χ1n) is 10.6. The third-order valence-corrected chi connectivity index (χ3v) is 6.71. The van der Waals surface area contributed by atoms with E-state index in [1.54, 1.807) is 49.4 Å². The zero-order valence-electron chi connectivity index (χ0n) is 19.1. The van der Waals surface area contributed by atoms with E-state index >= 15 is 0 Å². The topological polar surface area (TPSA) is 131 Å². The number of nitrogens with one attached hydrogen (secondary N) is 1. The van der Waals surface area contributed by atoms with E-state index < -0.39 is 38.0 Å². The molecular formula is C24H24N4O6S. The van der Waals surface area contributed by atoms with Crippen LogP contribution in [0.5, 0.6) is 5.75 Å². The Bertz CT molecular complexity index is 1330. The molecule has 3 rings (SSSR count). The molecule has 0 fully saturated rings. The van der Waals surface area contributed by atoms with E-state index in [-0.39, 0.29) is 5.69 Å². The van der Waals surface area contributed by atoms with Gasteiger partial charge in [0.1, 0.15) is 12.3 Å². The minimum absolute atomic E-state index is 0.174. The number of amides is 1. The number of nitrogens with zero attached hydrogens (tertiary/aromatic N) is 3. The summed E-state index contributed by atoms with van der Waals surface area (Å²) >= 11 is 0. The highest BCUT2D eigenvalue weighted by molar-refractivity contribution is 7.93. The smallest absolute Gasteiger partial charge is 0.289 e. The number of anilines is 1. The van der Waals surface area contributed by atoms with Crippen LogP contribution in [0.2, 0.25) is 0 Å². The first-order chi connectivity index (χ1) is 16.7. The van der Waals surface area contributed by atoms with Gasteiger partial charge in [0.05, 0.1) is 22.9 Å². The van der Waals surface area contributed by atoms with Gasteiger partial charge in [0.2, 0.25) is 0 Å². The number of ether oxygens (including phenoxy) is 1. The molecule has 0 aliphatic carbocycles. The second-order valence-electron chi connectivity index (χ2n) is 7.26. The number of benzene rings is 3. The van der Waals surface area contributed by atoms with E-state index in [1.807, 2.05) is 6.92 Å². The Hall–Kier alpha value is -4.25. The van der Waals surface area contributed by atoms with E-state index in [0.29, 0.717) is 18.1 Å². The van der Waals surface area contributed by atoms with Crippen LogP contribution in [0.4, 0.5) is 11.4 Å². The number of hydrogen-bond donors (Lipinski definition) is 1. The molecule has 0 saturated carbocycles. The van der Waals surface area contributed by atoms with Crippen molar-refractivity contribution < 1.29 is 22.9 Å². The highest BCUT2D eigenvalue weighted by atomic mass is 32.2. The summed E-state index contributed by atoms with van der Waals surface area (Å²) in [5, 5.41) is 15.5. The largest absolute Gasteiger partial charge is 0.494 e. The number of carbonyl (C=O) groups excluding carboxylic acids is 1. The SMILES string of the molecule is CCOc1ccc(/C(C)=N\NC(=O)CN(c2ccccc2)S(=O)(=O)c2ccccc2[N+](=O)[O-])cc1. The summed E-state index contributed by atoms with van der Waals surface area (Å²) < 4.78 is 33.1. The van der Waals surface area contributed by atoms with Gasteiger partial charge in [0.15, 0.2) is 4.90 Å². The summed E-state index contributed by atoms with van der Waals surface area (Å²) in [6, 6.07) is 20.0. The molecule has 1 amide bonds. The molecule has 0 atom stereocenters. The molecule has 3 aromatic rings. The maximum Gasteiger partial charge on any atom is 0.289 e. The number of sulfonamides is 1. The average molecular weight is 497 g/mol. The number of rotatable bonds is 10. The van der Waals surface area contributed by atoms with Gasteiger partial charge in [-0.25, -0.2) is 13.8 Å². The Balaban J connectivity index is 1.86. The maximum absolute atomic E-state index is 13.4. The van der Waals surface area contributed by atoms with Crippen molar-refractivity contribution in [3.05, 3.63) is 94.5 Å². The predicted octanol–water partition coefficient (Wildman–Crippen LogP) is 3.73. The summed E-state index contributed by atoms with van der Waals surface area (Å²) in [6.07, 6.45) is 0. The van der Waals surface area contributed by atoms with E-state index in [2.05, 4.69) is 10.5 Å². The van der Waals surface area contributed by atoms with Gasteiger partial charge in [-0.1, -0.05) is 30.3 Å². The summed E-state index contributed by atoms with van der Waals surface area (Å²) in [4.78, 5) is 22.9. The van der Waals surface area contributed by atoms with Crippen molar-refractivity contribution >= 4 is 33.0 Å². The van der Waals surface area contributed by atoms with Crippen molar-refractivity contribution in [3.63, 3.8) is 0 Å². The second-order valence-corrected chi connectivity index (χ2v) is 9.09. The van der Waals surface area contributed by atoms with Gasteiger partial charge in [0.25, 0.3) is 21.6 Å². The summed E-state index contributed by atoms with van der Waals surface area (Å²) in [7, 11) is -4.46. The Morgan fingerprint density at radius 3 is 2.29 bits per heavy atom. The molecule has 0 spiro atoms. The fourth-order valence-electron chi connectivity index (χ4n) is 3.19. The van der Waals surface area contributed by atoms with Crippen molar-refractivity contribution in [1.29, 1.82) is 0 Å². The molecule has 11 heteroatoms. The van der Waals surface area contributed by atoms with E-state index in [4.69, 9.17) is 4.74 Å². The minimum Gasteiger partial charge on any atom is -0.494 e. The van der Waals surface area contributed by atoms with Crippen molar-refractivity contribution in [2.45, 2.75) is 18.7 Å². The van der Waals surface area contributed by atoms with Crippen LogP contribution in [0.3, 0.4) is 0 Å². The lowest BCUT2D eigenvalue weighted by atomic mass is 10.1. The predicted molar refractivity (Wildman–Crippen MR) is 132 cm³/mol. The van der Waals surface area contributed by atoms with Crippen LogP contribution in [-0.2, 0) is 14.8 Å². The van der Waals surface area contributed by atoms with Crippen LogP contribution >= 0.6 is 0 Å². The molecule has 3 aromatic carbocycles.